The first-order valence-corrected chi connectivity index (χ1v) is 6.61. The molecule has 0 aliphatic rings. The Hall–Kier alpha value is -1.88. The molecule has 0 saturated heterocycles. The first-order chi connectivity index (χ1) is 9.10. The van der Waals surface area contributed by atoms with Gasteiger partial charge in [-0.2, -0.15) is 0 Å². The van der Waals surface area contributed by atoms with Gasteiger partial charge in [0.25, 0.3) is 5.91 Å². The molecule has 1 amide bonds. The first-order valence-electron chi connectivity index (χ1n) is 5.81. The highest BCUT2D eigenvalue weighted by atomic mass is 79.9. The van der Waals surface area contributed by atoms with Crippen molar-refractivity contribution in [1.29, 1.82) is 0 Å². The summed E-state index contributed by atoms with van der Waals surface area (Å²) in [6.07, 6.45) is 1.64. The molecule has 0 spiro atoms. The monoisotopic (exact) mass is 319 g/mol. The molecule has 98 valence electrons. The van der Waals surface area contributed by atoms with Crippen molar-refractivity contribution in [1.82, 2.24) is 4.98 Å². The Morgan fingerprint density at radius 1 is 1.26 bits per heavy atom. The number of carbonyl (C=O) groups is 1. The number of rotatable bonds is 3. The van der Waals surface area contributed by atoms with Crippen LogP contribution in [0.3, 0.4) is 0 Å². The van der Waals surface area contributed by atoms with E-state index in [4.69, 9.17) is 0 Å². The second kappa shape index (κ2) is 5.84. The van der Waals surface area contributed by atoms with Gasteiger partial charge in [0.05, 0.1) is 5.56 Å². The number of hydrogen-bond donors (Lipinski definition) is 2. The molecule has 0 atom stereocenters. The average Bonchev–Trinajstić information content (AvgIpc) is 2.41. The van der Waals surface area contributed by atoms with Gasteiger partial charge in [-0.05, 0) is 52.7 Å². The number of pyridine rings is 1. The Kier molecular flexibility index (Phi) is 4.16. The standard InChI is InChI=1S/C14H14BrN3O/c1-9-3-5-11(12(7-9)16-2)14(19)18-13-6-4-10(15)8-17-13/h3-8,16H,1-2H3,(H,17,18,19). The third-order valence-electron chi connectivity index (χ3n) is 2.66. The van der Waals surface area contributed by atoms with E-state index >= 15 is 0 Å². The molecular weight excluding hydrogens is 306 g/mol. The third-order valence-corrected chi connectivity index (χ3v) is 3.13. The Morgan fingerprint density at radius 2 is 2.05 bits per heavy atom. The van der Waals surface area contributed by atoms with Gasteiger partial charge in [-0.15, -0.1) is 0 Å². The number of amides is 1. The Morgan fingerprint density at radius 3 is 2.68 bits per heavy atom. The second-order valence-electron chi connectivity index (χ2n) is 4.11. The number of nitrogens with one attached hydrogen (secondary N) is 2. The molecular formula is C14H14BrN3O. The molecule has 0 saturated carbocycles. The molecule has 19 heavy (non-hydrogen) atoms. The molecule has 0 aliphatic heterocycles. The zero-order valence-corrected chi connectivity index (χ0v) is 12.3. The van der Waals surface area contributed by atoms with Gasteiger partial charge in [0.1, 0.15) is 5.82 Å². The van der Waals surface area contributed by atoms with Crippen LogP contribution in [0.5, 0.6) is 0 Å². The van der Waals surface area contributed by atoms with Gasteiger partial charge >= 0.3 is 0 Å². The minimum absolute atomic E-state index is 0.181. The van der Waals surface area contributed by atoms with Crippen LogP contribution in [0, 0.1) is 6.92 Å². The van der Waals surface area contributed by atoms with Crippen molar-refractivity contribution >= 4 is 33.3 Å². The van der Waals surface area contributed by atoms with E-state index in [9.17, 15) is 4.79 Å². The molecule has 2 rings (SSSR count). The lowest BCUT2D eigenvalue weighted by Gasteiger charge is -2.10. The summed E-state index contributed by atoms with van der Waals surface area (Å²) in [6, 6.07) is 9.22. The zero-order valence-electron chi connectivity index (χ0n) is 10.7. The van der Waals surface area contributed by atoms with Crippen LogP contribution in [0.2, 0.25) is 0 Å². The van der Waals surface area contributed by atoms with Gasteiger partial charge in [-0.3, -0.25) is 4.79 Å². The predicted molar refractivity (Wildman–Crippen MR) is 80.6 cm³/mol. The Balaban J connectivity index is 2.22. The Bertz CT molecular complexity index is 596. The molecule has 2 N–H and O–H groups in total. The number of halogens is 1. The van der Waals surface area contributed by atoms with Gasteiger partial charge in [0.2, 0.25) is 0 Å². The van der Waals surface area contributed by atoms with Crippen LogP contribution in [0.15, 0.2) is 41.0 Å². The molecule has 2 aromatic rings. The third kappa shape index (κ3) is 3.32. The lowest BCUT2D eigenvalue weighted by Crippen LogP contribution is -2.14. The number of carbonyl (C=O) groups excluding carboxylic acids is 1. The smallest absolute Gasteiger partial charge is 0.258 e. The minimum atomic E-state index is -0.181. The summed E-state index contributed by atoms with van der Waals surface area (Å²) in [5.41, 5.74) is 2.50. The zero-order chi connectivity index (χ0) is 13.8. The molecule has 1 aromatic carbocycles. The second-order valence-corrected chi connectivity index (χ2v) is 5.03. The number of aryl methyl sites for hydroxylation is 1. The number of hydrogen-bond acceptors (Lipinski definition) is 3. The fourth-order valence-electron chi connectivity index (χ4n) is 1.70. The normalized spacial score (nSPS) is 10.1. The lowest BCUT2D eigenvalue weighted by atomic mass is 10.1. The maximum atomic E-state index is 12.2. The largest absolute Gasteiger partial charge is 0.387 e. The highest BCUT2D eigenvalue weighted by Gasteiger charge is 2.11. The minimum Gasteiger partial charge on any atom is -0.387 e. The van der Waals surface area contributed by atoms with E-state index in [1.807, 2.05) is 25.1 Å². The molecule has 1 aromatic heterocycles. The fourth-order valence-corrected chi connectivity index (χ4v) is 1.93. The van der Waals surface area contributed by atoms with Gasteiger partial charge in [0, 0.05) is 23.4 Å². The molecule has 0 radical (unpaired) electrons. The van der Waals surface area contributed by atoms with Crippen molar-refractivity contribution < 1.29 is 4.79 Å². The number of benzene rings is 1. The summed E-state index contributed by atoms with van der Waals surface area (Å²) in [6.45, 7) is 1.98. The van der Waals surface area contributed by atoms with Crippen LogP contribution < -0.4 is 10.6 Å². The maximum Gasteiger partial charge on any atom is 0.258 e. The molecule has 5 heteroatoms. The SMILES string of the molecule is CNc1cc(C)ccc1C(=O)Nc1ccc(Br)cn1. The van der Waals surface area contributed by atoms with E-state index < -0.39 is 0 Å². The van der Waals surface area contributed by atoms with Crippen molar-refractivity contribution in [3.8, 4) is 0 Å². The van der Waals surface area contributed by atoms with Gasteiger partial charge in [-0.1, -0.05) is 6.07 Å². The lowest BCUT2D eigenvalue weighted by molar-refractivity contribution is 0.102. The predicted octanol–water partition coefficient (Wildman–Crippen LogP) is 3.45. The first kappa shape index (κ1) is 13.5. The summed E-state index contributed by atoms with van der Waals surface area (Å²) < 4.78 is 0.872. The van der Waals surface area contributed by atoms with Crippen LogP contribution in [-0.2, 0) is 0 Å². The van der Waals surface area contributed by atoms with E-state index in [1.165, 1.54) is 0 Å². The van der Waals surface area contributed by atoms with E-state index in [0.29, 0.717) is 11.4 Å². The fraction of sp³-hybridized carbons (Fsp3) is 0.143. The molecule has 4 nitrogen and oxygen atoms in total. The summed E-state index contributed by atoms with van der Waals surface area (Å²) in [4.78, 5) is 16.3. The van der Waals surface area contributed by atoms with E-state index in [0.717, 1.165) is 15.7 Å². The van der Waals surface area contributed by atoms with E-state index in [-0.39, 0.29) is 5.91 Å². The van der Waals surface area contributed by atoms with Gasteiger partial charge < -0.3 is 10.6 Å². The van der Waals surface area contributed by atoms with Crippen LogP contribution in [0.25, 0.3) is 0 Å². The highest BCUT2D eigenvalue weighted by molar-refractivity contribution is 9.10. The van der Waals surface area contributed by atoms with Crippen LogP contribution in [0.4, 0.5) is 11.5 Å². The molecule has 0 unspecified atom stereocenters. The van der Waals surface area contributed by atoms with Crippen LogP contribution in [-0.4, -0.2) is 17.9 Å². The number of nitrogens with zero attached hydrogens (tertiary/aromatic N) is 1. The van der Waals surface area contributed by atoms with Crippen LogP contribution in [0.1, 0.15) is 15.9 Å². The highest BCUT2D eigenvalue weighted by Crippen LogP contribution is 2.19. The van der Waals surface area contributed by atoms with Crippen molar-refractivity contribution in [2.75, 3.05) is 17.7 Å². The molecule has 0 fully saturated rings. The maximum absolute atomic E-state index is 12.2. The van der Waals surface area contributed by atoms with Crippen molar-refractivity contribution in [2.45, 2.75) is 6.92 Å². The van der Waals surface area contributed by atoms with Crippen molar-refractivity contribution in [3.63, 3.8) is 0 Å². The van der Waals surface area contributed by atoms with Crippen molar-refractivity contribution in [2.24, 2.45) is 0 Å². The Labute approximate surface area is 120 Å². The quantitative estimate of drug-likeness (QED) is 0.911. The van der Waals surface area contributed by atoms with Crippen molar-refractivity contribution in [3.05, 3.63) is 52.1 Å². The summed E-state index contributed by atoms with van der Waals surface area (Å²) >= 11 is 3.30. The van der Waals surface area contributed by atoms with Gasteiger partial charge in [-0.25, -0.2) is 4.98 Å². The van der Waals surface area contributed by atoms with Gasteiger partial charge in [0.15, 0.2) is 0 Å². The average molecular weight is 320 g/mol. The summed E-state index contributed by atoms with van der Waals surface area (Å²) in [5.74, 6) is 0.343. The summed E-state index contributed by atoms with van der Waals surface area (Å²) in [5, 5.41) is 5.79. The summed E-state index contributed by atoms with van der Waals surface area (Å²) in [7, 11) is 1.80. The molecule has 0 aliphatic carbocycles. The molecule has 0 bridgehead atoms. The van der Waals surface area contributed by atoms with E-state index in [1.54, 1.807) is 25.4 Å². The number of anilines is 2. The molecule has 1 heterocycles. The van der Waals surface area contributed by atoms with Crippen LogP contribution >= 0.6 is 15.9 Å². The number of aromatic nitrogens is 1. The topological polar surface area (TPSA) is 54.0 Å². The van der Waals surface area contributed by atoms with E-state index in [2.05, 4.69) is 31.5 Å².